The number of carbonyl (C=O) groups is 1. The quantitative estimate of drug-likeness (QED) is 0.726. The van der Waals surface area contributed by atoms with Crippen LogP contribution in [0.4, 0.5) is 0 Å². The number of hydrogen-bond donors (Lipinski definition) is 0. The highest BCUT2D eigenvalue weighted by molar-refractivity contribution is 8.08. The maximum Gasteiger partial charge on any atom is 0.356 e. The third-order valence-electron chi connectivity index (χ3n) is 5.26. The summed E-state index contributed by atoms with van der Waals surface area (Å²) in [6.07, 6.45) is 0. The summed E-state index contributed by atoms with van der Waals surface area (Å²) in [7, 11) is -3.43. The molecule has 0 saturated heterocycles. The molecule has 0 radical (unpaired) electrons. The number of hydrogen-bond acceptors (Lipinski definition) is 6. The fourth-order valence-corrected chi connectivity index (χ4v) is 6.94. The van der Waals surface area contributed by atoms with Crippen molar-refractivity contribution in [1.82, 2.24) is 0 Å². The first-order valence-electron chi connectivity index (χ1n) is 8.45. The molecule has 1 aromatic carbocycles. The van der Waals surface area contributed by atoms with Gasteiger partial charge in [0.2, 0.25) is 0 Å². The number of allylic oxidation sites excluding steroid dienone is 1. The van der Waals surface area contributed by atoms with Gasteiger partial charge in [-0.2, -0.15) is 0 Å². The number of thioether (sulfide) groups is 1. The molecule has 0 N–H and O–H groups in total. The van der Waals surface area contributed by atoms with Gasteiger partial charge >= 0.3 is 5.97 Å². The number of fused-ring (bicyclic) bond motifs is 4. The fourth-order valence-electron chi connectivity index (χ4n) is 3.71. The van der Waals surface area contributed by atoms with Crippen molar-refractivity contribution in [3.63, 3.8) is 0 Å². The second kappa shape index (κ2) is 5.82. The van der Waals surface area contributed by atoms with E-state index in [-0.39, 0.29) is 12.4 Å². The summed E-state index contributed by atoms with van der Waals surface area (Å²) in [4.78, 5) is 18.2. The molecule has 3 aliphatic rings. The smallest absolute Gasteiger partial charge is 0.356 e. The monoisotopic (exact) mass is 389 g/mol. The van der Waals surface area contributed by atoms with Crippen molar-refractivity contribution >= 4 is 38.2 Å². The zero-order valence-electron chi connectivity index (χ0n) is 14.8. The average molecular weight is 389 g/mol. The van der Waals surface area contributed by atoms with Crippen molar-refractivity contribution in [3.8, 4) is 0 Å². The van der Waals surface area contributed by atoms with E-state index in [2.05, 4.69) is 4.99 Å². The third kappa shape index (κ3) is 2.33. The molecular weight excluding hydrogens is 370 g/mol. The van der Waals surface area contributed by atoms with Crippen LogP contribution in [0.1, 0.15) is 26.3 Å². The van der Waals surface area contributed by atoms with E-state index in [0.717, 1.165) is 21.6 Å². The first-order valence-corrected chi connectivity index (χ1v) is 11.1. The van der Waals surface area contributed by atoms with Crippen molar-refractivity contribution < 1.29 is 17.9 Å². The first-order chi connectivity index (χ1) is 12.3. The molecule has 7 heteroatoms. The highest BCUT2D eigenvalue weighted by atomic mass is 32.2. The molecule has 26 heavy (non-hydrogen) atoms. The topological polar surface area (TPSA) is 72.8 Å². The Bertz CT molecular complexity index is 1030. The molecule has 3 aliphatic heterocycles. The van der Waals surface area contributed by atoms with Crippen LogP contribution in [0.2, 0.25) is 0 Å². The van der Waals surface area contributed by atoms with Crippen LogP contribution in [0.5, 0.6) is 0 Å². The Hall–Kier alpha value is -1.86. The van der Waals surface area contributed by atoms with E-state index >= 15 is 0 Å². The van der Waals surface area contributed by atoms with E-state index in [1.54, 1.807) is 30.8 Å². The van der Waals surface area contributed by atoms with Crippen LogP contribution in [0.25, 0.3) is 4.91 Å². The number of carbonyl (C=O) groups excluding carboxylic acids is 1. The van der Waals surface area contributed by atoms with Gasteiger partial charge in [0, 0.05) is 27.2 Å². The second-order valence-electron chi connectivity index (χ2n) is 6.84. The Morgan fingerprint density at radius 1 is 1.35 bits per heavy atom. The Morgan fingerprint density at radius 2 is 2.08 bits per heavy atom. The second-order valence-corrected chi connectivity index (χ2v) is 9.78. The molecule has 0 amide bonds. The minimum atomic E-state index is -3.43. The maximum atomic E-state index is 12.8. The van der Waals surface area contributed by atoms with E-state index in [4.69, 9.17) is 4.74 Å². The molecule has 136 valence electrons. The molecule has 0 aliphatic carbocycles. The van der Waals surface area contributed by atoms with Crippen LogP contribution >= 0.6 is 11.8 Å². The van der Waals surface area contributed by atoms with Crippen molar-refractivity contribution in [2.24, 2.45) is 10.4 Å². The van der Waals surface area contributed by atoms with Gasteiger partial charge in [0.25, 0.3) is 0 Å². The van der Waals surface area contributed by atoms with Crippen LogP contribution in [0, 0.1) is 5.41 Å². The lowest BCUT2D eigenvalue weighted by molar-refractivity contribution is -0.138. The number of esters is 1. The number of sulfone groups is 1. The van der Waals surface area contributed by atoms with E-state index in [1.165, 1.54) is 0 Å². The highest BCUT2D eigenvalue weighted by Gasteiger charge is 2.48. The Kier molecular flexibility index (Phi) is 3.93. The number of aliphatic imine (C=N–C) groups is 1. The molecule has 5 nitrogen and oxygen atoms in total. The molecule has 0 saturated carbocycles. The van der Waals surface area contributed by atoms with Crippen molar-refractivity contribution in [2.75, 3.05) is 18.1 Å². The molecule has 0 bridgehead atoms. The SMILES string of the molecule is CCOC(=O)C1=C(C)C2(C)CSC3=C(CS(=O)(=O)c4ccccc43)C2=N1. The Morgan fingerprint density at radius 3 is 2.81 bits per heavy atom. The fraction of sp³-hybridized carbons (Fsp3) is 0.368. The van der Waals surface area contributed by atoms with E-state index in [1.807, 2.05) is 26.0 Å². The summed E-state index contributed by atoms with van der Waals surface area (Å²) in [5.74, 6) is 0.192. The summed E-state index contributed by atoms with van der Waals surface area (Å²) in [5.41, 5.74) is 2.88. The normalized spacial score (nSPS) is 26.0. The number of nitrogens with zero attached hydrogens (tertiary/aromatic N) is 1. The van der Waals surface area contributed by atoms with Crippen molar-refractivity contribution in [3.05, 3.63) is 46.7 Å². The summed E-state index contributed by atoms with van der Waals surface area (Å²) in [5, 5.41) is 0. The minimum Gasteiger partial charge on any atom is -0.461 e. The predicted molar refractivity (Wildman–Crippen MR) is 103 cm³/mol. The summed E-state index contributed by atoms with van der Waals surface area (Å²) in [6, 6.07) is 7.10. The van der Waals surface area contributed by atoms with Gasteiger partial charge in [0.15, 0.2) is 9.84 Å². The number of rotatable bonds is 2. The number of benzene rings is 1. The first kappa shape index (κ1) is 17.5. The van der Waals surface area contributed by atoms with Gasteiger partial charge in [-0.05, 0) is 32.4 Å². The lowest BCUT2D eigenvalue weighted by Crippen LogP contribution is -2.37. The molecule has 1 unspecified atom stereocenters. The Balaban J connectivity index is 1.91. The van der Waals surface area contributed by atoms with Crippen molar-refractivity contribution in [1.29, 1.82) is 0 Å². The van der Waals surface area contributed by atoms with Gasteiger partial charge < -0.3 is 4.74 Å². The van der Waals surface area contributed by atoms with Crippen LogP contribution in [-0.2, 0) is 19.4 Å². The lowest BCUT2D eigenvalue weighted by Gasteiger charge is -2.37. The van der Waals surface area contributed by atoms with Gasteiger partial charge in [-0.1, -0.05) is 18.2 Å². The van der Waals surface area contributed by atoms with Crippen LogP contribution in [0.3, 0.4) is 0 Å². The molecule has 4 rings (SSSR count). The summed E-state index contributed by atoms with van der Waals surface area (Å²) < 4.78 is 30.8. The van der Waals surface area contributed by atoms with Crippen LogP contribution in [0.15, 0.2) is 51.0 Å². The van der Waals surface area contributed by atoms with E-state index in [0.29, 0.717) is 22.1 Å². The maximum absolute atomic E-state index is 12.8. The average Bonchev–Trinajstić information content (AvgIpc) is 2.87. The standard InChI is InChI=1S/C19H19NO4S2/c1-4-24-18(21)15-11(2)19(3)10-25-16-12-7-5-6-8-14(12)26(22,23)9-13(16)17(19)20-15/h5-8H,4,9-10H2,1-3H3. The molecule has 0 fully saturated rings. The van der Waals surface area contributed by atoms with Crippen molar-refractivity contribution in [2.45, 2.75) is 25.7 Å². The molecular formula is C19H19NO4S2. The summed E-state index contributed by atoms with van der Waals surface area (Å²) >= 11 is 1.64. The Labute approximate surface area is 157 Å². The lowest BCUT2D eigenvalue weighted by atomic mass is 9.78. The van der Waals surface area contributed by atoms with Gasteiger partial charge in [-0.25, -0.2) is 18.2 Å². The van der Waals surface area contributed by atoms with Gasteiger partial charge in [-0.15, -0.1) is 11.8 Å². The van der Waals surface area contributed by atoms with E-state index in [9.17, 15) is 13.2 Å². The third-order valence-corrected chi connectivity index (χ3v) is 8.44. The zero-order valence-corrected chi connectivity index (χ0v) is 16.5. The van der Waals surface area contributed by atoms with Crippen LogP contribution < -0.4 is 0 Å². The largest absolute Gasteiger partial charge is 0.461 e. The predicted octanol–water partition coefficient (Wildman–Crippen LogP) is 3.23. The van der Waals surface area contributed by atoms with E-state index < -0.39 is 21.2 Å². The highest BCUT2D eigenvalue weighted by Crippen LogP contribution is 2.53. The summed E-state index contributed by atoms with van der Waals surface area (Å²) in [6.45, 7) is 5.95. The molecule has 0 spiro atoms. The van der Waals surface area contributed by atoms with Gasteiger partial charge in [0.05, 0.1) is 23.0 Å². The zero-order chi connectivity index (χ0) is 18.7. The molecule has 1 aromatic rings. The molecule has 3 heterocycles. The van der Waals surface area contributed by atoms with Gasteiger partial charge in [-0.3, -0.25) is 0 Å². The molecule has 1 atom stereocenters. The minimum absolute atomic E-state index is 0.0792. The van der Waals surface area contributed by atoms with Crippen LogP contribution in [-0.4, -0.2) is 38.2 Å². The molecule has 0 aromatic heterocycles. The number of ether oxygens (including phenoxy) is 1. The van der Waals surface area contributed by atoms with Gasteiger partial charge in [0.1, 0.15) is 5.70 Å².